The van der Waals surface area contributed by atoms with Crippen LogP contribution in [0.15, 0.2) is 48.5 Å². The minimum atomic E-state index is -1.11. The van der Waals surface area contributed by atoms with Crippen molar-refractivity contribution in [1.82, 2.24) is 15.1 Å². The normalized spacial score (nSPS) is 20.4. The number of aryl methyl sites for hydroxylation is 3. The van der Waals surface area contributed by atoms with E-state index in [4.69, 9.17) is 5.10 Å². The Hall–Kier alpha value is -3.41. The van der Waals surface area contributed by atoms with Gasteiger partial charge in [0.2, 0.25) is 5.91 Å². The van der Waals surface area contributed by atoms with E-state index in [0.29, 0.717) is 12.2 Å². The average Bonchev–Trinajstić information content (AvgIpc) is 3.14. The van der Waals surface area contributed by atoms with Gasteiger partial charge in [-0.25, -0.2) is 0 Å². The van der Waals surface area contributed by atoms with Crippen molar-refractivity contribution in [2.75, 3.05) is 4.90 Å². The van der Waals surface area contributed by atoms with Crippen molar-refractivity contribution in [3.63, 3.8) is 0 Å². The molecule has 0 radical (unpaired) electrons. The van der Waals surface area contributed by atoms with Gasteiger partial charge in [-0.1, -0.05) is 69.0 Å². The Labute approximate surface area is 220 Å². The van der Waals surface area contributed by atoms with Gasteiger partial charge in [-0.05, 0) is 68.9 Å². The number of carbonyl (C=O) groups is 2. The van der Waals surface area contributed by atoms with Crippen LogP contribution in [0.25, 0.3) is 11.3 Å². The molecule has 1 fully saturated rings. The van der Waals surface area contributed by atoms with Gasteiger partial charge in [-0.2, -0.15) is 5.10 Å². The van der Waals surface area contributed by atoms with E-state index in [2.05, 4.69) is 36.5 Å². The number of fused-ring (bicyclic) bond motifs is 1. The first-order valence-electron chi connectivity index (χ1n) is 13.7. The smallest absolute Gasteiger partial charge is 0.277 e. The summed E-state index contributed by atoms with van der Waals surface area (Å²) >= 11 is 0. The Kier molecular flexibility index (Phi) is 6.93. The quantitative estimate of drug-likeness (QED) is 0.440. The molecule has 3 aromatic rings. The van der Waals surface area contributed by atoms with Crippen LogP contribution >= 0.6 is 0 Å². The maximum atomic E-state index is 14.2. The minimum Gasteiger partial charge on any atom is -0.351 e. The molecule has 2 heterocycles. The van der Waals surface area contributed by atoms with E-state index >= 15 is 0 Å². The molecule has 37 heavy (non-hydrogen) atoms. The van der Waals surface area contributed by atoms with Crippen LogP contribution in [0.4, 0.5) is 5.69 Å². The summed E-state index contributed by atoms with van der Waals surface area (Å²) in [6, 6.07) is 16.4. The first kappa shape index (κ1) is 25.2. The van der Waals surface area contributed by atoms with Gasteiger partial charge in [-0.3, -0.25) is 19.2 Å². The molecule has 2 aromatic carbocycles. The van der Waals surface area contributed by atoms with Crippen LogP contribution < -0.4 is 10.2 Å². The van der Waals surface area contributed by atoms with Crippen molar-refractivity contribution >= 4 is 17.5 Å². The molecule has 1 aromatic heterocycles. The van der Waals surface area contributed by atoms with Crippen molar-refractivity contribution in [3.05, 3.63) is 70.9 Å². The number of aromatic nitrogens is 2. The largest absolute Gasteiger partial charge is 0.351 e. The van der Waals surface area contributed by atoms with Crippen LogP contribution in [0.3, 0.4) is 0 Å². The van der Waals surface area contributed by atoms with Gasteiger partial charge >= 0.3 is 0 Å². The monoisotopic (exact) mass is 498 g/mol. The van der Waals surface area contributed by atoms with E-state index in [1.54, 1.807) is 9.58 Å². The van der Waals surface area contributed by atoms with Crippen LogP contribution in [-0.2, 0) is 17.8 Å². The van der Waals surface area contributed by atoms with Gasteiger partial charge in [-0.15, -0.1) is 0 Å². The summed E-state index contributed by atoms with van der Waals surface area (Å²) < 4.78 is 1.74. The topological polar surface area (TPSA) is 67.2 Å². The van der Waals surface area contributed by atoms with E-state index in [-0.39, 0.29) is 17.9 Å². The lowest BCUT2D eigenvalue weighted by Crippen LogP contribution is -2.65. The highest BCUT2D eigenvalue weighted by Crippen LogP contribution is 2.36. The predicted octanol–water partition coefficient (Wildman–Crippen LogP) is 5.99. The molecule has 1 N–H and O–H groups in total. The molecule has 0 bridgehead atoms. The Morgan fingerprint density at radius 1 is 1.03 bits per heavy atom. The van der Waals surface area contributed by atoms with Gasteiger partial charge in [0.25, 0.3) is 5.91 Å². The SMILES string of the molecule is CCc1ccc(-c2cc3n(n2)C[C@@](C)(C(=O)NC2CCCCCC2)N(c2cc(C)ccc2C)C3=O)cc1. The standard InChI is InChI=1S/C31H38N4O2/c1-5-23-14-16-24(17-15-23)26-19-28-29(36)35(27-18-21(2)12-13-22(27)3)31(4,20-34(28)33-26)30(37)32-25-10-8-6-7-9-11-25/h12-19,25H,5-11,20H2,1-4H3,(H,32,37)/t31-/m0/s1. The molecule has 5 rings (SSSR count). The Morgan fingerprint density at radius 3 is 2.41 bits per heavy atom. The molecule has 6 nitrogen and oxygen atoms in total. The molecule has 0 unspecified atom stereocenters. The summed E-state index contributed by atoms with van der Waals surface area (Å²) in [5, 5.41) is 8.16. The molecule has 1 aliphatic heterocycles. The number of nitrogens with one attached hydrogen (secondary N) is 1. The second-order valence-electron chi connectivity index (χ2n) is 11.0. The summed E-state index contributed by atoms with van der Waals surface area (Å²) in [6.07, 6.45) is 7.65. The summed E-state index contributed by atoms with van der Waals surface area (Å²) in [5.74, 6) is -0.300. The first-order valence-corrected chi connectivity index (χ1v) is 13.7. The van der Waals surface area contributed by atoms with Crippen LogP contribution in [0.1, 0.15) is 79.6 Å². The van der Waals surface area contributed by atoms with Crippen molar-refractivity contribution in [2.45, 2.75) is 90.8 Å². The first-order chi connectivity index (χ1) is 17.8. The number of hydrogen-bond acceptors (Lipinski definition) is 3. The maximum absolute atomic E-state index is 14.2. The van der Waals surface area contributed by atoms with Crippen molar-refractivity contribution in [1.29, 1.82) is 0 Å². The van der Waals surface area contributed by atoms with Gasteiger partial charge in [0.05, 0.1) is 12.2 Å². The number of anilines is 1. The number of rotatable bonds is 5. The van der Waals surface area contributed by atoms with Gasteiger partial charge in [0, 0.05) is 17.3 Å². The number of nitrogens with zero attached hydrogens (tertiary/aromatic N) is 3. The van der Waals surface area contributed by atoms with Gasteiger partial charge in [0.15, 0.2) is 0 Å². The Morgan fingerprint density at radius 2 is 1.73 bits per heavy atom. The summed E-state index contributed by atoms with van der Waals surface area (Å²) in [6.45, 7) is 8.33. The van der Waals surface area contributed by atoms with Crippen molar-refractivity contribution < 1.29 is 9.59 Å². The fourth-order valence-electron chi connectivity index (χ4n) is 5.74. The second-order valence-corrected chi connectivity index (χ2v) is 11.0. The zero-order chi connectivity index (χ0) is 26.2. The summed E-state index contributed by atoms with van der Waals surface area (Å²) in [4.78, 5) is 29.9. The number of amides is 2. The van der Waals surface area contributed by atoms with E-state index in [9.17, 15) is 9.59 Å². The number of carbonyl (C=O) groups excluding carboxylic acids is 2. The molecule has 0 saturated heterocycles. The van der Waals surface area contributed by atoms with Crippen LogP contribution in [0.5, 0.6) is 0 Å². The average molecular weight is 499 g/mol. The lowest BCUT2D eigenvalue weighted by atomic mass is 9.92. The molecular weight excluding hydrogens is 460 g/mol. The third-order valence-corrected chi connectivity index (χ3v) is 8.10. The van der Waals surface area contributed by atoms with E-state index < -0.39 is 5.54 Å². The fraction of sp³-hybridized carbons (Fsp3) is 0.452. The maximum Gasteiger partial charge on any atom is 0.277 e. The van der Waals surface area contributed by atoms with Crippen molar-refractivity contribution in [3.8, 4) is 11.3 Å². The number of hydrogen-bond donors (Lipinski definition) is 1. The fourth-order valence-corrected chi connectivity index (χ4v) is 5.74. The molecule has 2 amide bonds. The molecule has 1 saturated carbocycles. The lowest BCUT2D eigenvalue weighted by Gasteiger charge is -2.44. The van der Waals surface area contributed by atoms with Crippen molar-refractivity contribution in [2.24, 2.45) is 0 Å². The Balaban J connectivity index is 1.56. The highest BCUT2D eigenvalue weighted by atomic mass is 16.2. The third kappa shape index (κ3) is 4.81. The van der Waals surface area contributed by atoms with E-state index in [0.717, 1.165) is 60.2 Å². The molecule has 194 valence electrons. The highest BCUT2D eigenvalue weighted by molar-refractivity contribution is 6.12. The third-order valence-electron chi connectivity index (χ3n) is 8.10. The summed E-state index contributed by atoms with van der Waals surface area (Å²) in [5.41, 5.74) is 5.18. The second kappa shape index (κ2) is 10.2. The van der Waals surface area contributed by atoms with Crippen LogP contribution in [0, 0.1) is 13.8 Å². The molecule has 1 aliphatic carbocycles. The van der Waals surface area contributed by atoms with E-state index in [1.807, 2.05) is 45.0 Å². The molecule has 2 aliphatic rings. The summed E-state index contributed by atoms with van der Waals surface area (Å²) in [7, 11) is 0. The van der Waals surface area contributed by atoms with Gasteiger partial charge in [0.1, 0.15) is 11.2 Å². The number of benzene rings is 2. The predicted molar refractivity (Wildman–Crippen MR) is 148 cm³/mol. The van der Waals surface area contributed by atoms with E-state index in [1.165, 1.54) is 18.4 Å². The minimum absolute atomic E-state index is 0.108. The molecule has 1 atom stereocenters. The molecule has 6 heteroatoms. The zero-order valence-electron chi connectivity index (χ0n) is 22.5. The zero-order valence-corrected chi connectivity index (χ0v) is 22.5. The van der Waals surface area contributed by atoms with Crippen LogP contribution in [0.2, 0.25) is 0 Å². The highest BCUT2D eigenvalue weighted by Gasteiger charge is 2.49. The molecular formula is C31H38N4O2. The lowest BCUT2D eigenvalue weighted by molar-refractivity contribution is -0.127. The van der Waals surface area contributed by atoms with Gasteiger partial charge < -0.3 is 5.32 Å². The van der Waals surface area contributed by atoms with Crippen LogP contribution in [-0.4, -0.2) is 33.2 Å². The Bertz CT molecular complexity index is 1300. The molecule has 0 spiro atoms.